The summed E-state index contributed by atoms with van der Waals surface area (Å²) in [6.45, 7) is 5.07. The van der Waals surface area contributed by atoms with E-state index in [2.05, 4.69) is 50.1 Å². The largest absolute Gasteiger partial charge is 0.416 e. The number of nitrogens with zero attached hydrogens (tertiary/aromatic N) is 5. The molecule has 2 atom stereocenters. The smallest absolute Gasteiger partial charge is 0.354 e. The number of likely N-dealkylation sites (tertiary alicyclic amines) is 1. The van der Waals surface area contributed by atoms with Gasteiger partial charge in [0.2, 0.25) is 5.95 Å². The number of aromatic nitrogens is 3. The van der Waals surface area contributed by atoms with Crippen molar-refractivity contribution < 1.29 is 13.2 Å². The third-order valence-electron chi connectivity index (χ3n) is 5.95. The Labute approximate surface area is 174 Å². The lowest BCUT2D eigenvalue weighted by Gasteiger charge is -2.30. The number of piperidine rings is 1. The van der Waals surface area contributed by atoms with Crippen molar-refractivity contribution >= 4 is 17.6 Å². The highest BCUT2D eigenvalue weighted by molar-refractivity contribution is 5.54. The van der Waals surface area contributed by atoms with Crippen LogP contribution in [0.25, 0.3) is 0 Å². The quantitative estimate of drug-likeness (QED) is 0.790. The number of hydrogen-bond acceptors (Lipinski definition) is 6. The van der Waals surface area contributed by atoms with E-state index in [1.54, 1.807) is 0 Å². The molecule has 1 N–H and O–H groups in total. The van der Waals surface area contributed by atoms with Crippen LogP contribution in [0.4, 0.5) is 30.8 Å². The number of halogens is 3. The molecular weight excluding hydrogens is 393 g/mol. The Bertz CT molecular complexity index is 887. The lowest BCUT2D eigenvalue weighted by atomic mass is 9.95. The van der Waals surface area contributed by atoms with Crippen LogP contribution in [-0.4, -0.2) is 52.6 Å². The molecule has 0 aromatic carbocycles. The highest BCUT2D eigenvalue weighted by atomic mass is 19.4. The number of hydrogen-bond donors (Lipinski definition) is 1. The normalized spacial score (nSPS) is 23.0. The zero-order valence-corrected chi connectivity index (χ0v) is 17.3. The number of nitrogens with one attached hydrogen (secondary N) is 1. The first kappa shape index (κ1) is 20.8. The number of anilines is 3. The van der Waals surface area contributed by atoms with Crippen LogP contribution in [0, 0.1) is 0 Å². The van der Waals surface area contributed by atoms with Gasteiger partial charge in [0.1, 0.15) is 11.6 Å². The van der Waals surface area contributed by atoms with Crippen LogP contribution in [0.15, 0.2) is 24.4 Å². The molecule has 0 saturated carbocycles. The van der Waals surface area contributed by atoms with Crippen LogP contribution in [-0.2, 0) is 6.18 Å². The minimum atomic E-state index is -4.43. The molecule has 0 radical (unpaired) electrons. The van der Waals surface area contributed by atoms with Gasteiger partial charge in [0.15, 0.2) is 0 Å². The van der Waals surface area contributed by atoms with Crippen molar-refractivity contribution in [2.24, 2.45) is 0 Å². The summed E-state index contributed by atoms with van der Waals surface area (Å²) < 4.78 is 39.2. The molecule has 2 saturated heterocycles. The van der Waals surface area contributed by atoms with E-state index in [9.17, 15) is 13.2 Å². The Morgan fingerprint density at radius 1 is 1.10 bits per heavy atom. The highest BCUT2D eigenvalue weighted by Gasteiger charge is 2.31. The maximum Gasteiger partial charge on any atom is 0.416 e. The van der Waals surface area contributed by atoms with Gasteiger partial charge >= 0.3 is 6.18 Å². The second-order valence-electron chi connectivity index (χ2n) is 8.31. The Hall–Kier alpha value is -2.42. The fourth-order valence-electron chi connectivity index (χ4n) is 4.34. The molecule has 2 fully saturated rings. The second kappa shape index (κ2) is 8.37. The summed E-state index contributed by atoms with van der Waals surface area (Å²) in [5.74, 6) is 1.48. The standard InChI is InChI=1S/C21H27F3N6/c1-14-5-3-10-30(14)19-12-17(15-6-4-9-29(2)13-15)26-20(28-19)27-18-11-16(7-8-25-18)21(22,23)24/h7-8,11-12,14-15H,3-6,9-10,13H2,1-2H3,(H,25,26,27,28). The van der Waals surface area contributed by atoms with Crippen molar-refractivity contribution in [1.82, 2.24) is 19.9 Å². The van der Waals surface area contributed by atoms with E-state index in [1.807, 2.05) is 0 Å². The monoisotopic (exact) mass is 420 g/mol. The Kier molecular flexibility index (Phi) is 5.81. The number of rotatable bonds is 4. The van der Waals surface area contributed by atoms with Crippen LogP contribution in [0.1, 0.15) is 49.8 Å². The van der Waals surface area contributed by atoms with Gasteiger partial charge in [0, 0.05) is 37.3 Å². The molecule has 4 heterocycles. The number of alkyl halides is 3. The molecule has 4 rings (SSSR count). The van der Waals surface area contributed by atoms with Gasteiger partial charge in [-0.25, -0.2) is 9.97 Å². The predicted octanol–water partition coefficient (Wildman–Crippen LogP) is 4.43. The first-order chi connectivity index (χ1) is 14.3. The number of likely N-dealkylation sites (N-methyl/N-ethyl adjacent to an activating group) is 1. The van der Waals surface area contributed by atoms with Gasteiger partial charge in [0.25, 0.3) is 0 Å². The average Bonchev–Trinajstić information content (AvgIpc) is 3.13. The Morgan fingerprint density at radius 2 is 1.90 bits per heavy atom. The van der Waals surface area contributed by atoms with Crippen molar-refractivity contribution in [3.8, 4) is 0 Å². The SMILES string of the molecule is CC1CCCN1c1cc(C2CCCN(C)C2)nc(Nc2cc(C(F)(F)F)ccn2)n1. The van der Waals surface area contributed by atoms with Crippen molar-refractivity contribution in [1.29, 1.82) is 0 Å². The summed E-state index contributed by atoms with van der Waals surface area (Å²) in [5, 5.41) is 2.91. The zero-order valence-electron chi connectivity index (χ0n) is 17.3. The van der Waals surface area contributed by atoms with Crippen molar-refractivity contribution in [3.05, 3.63) is 35.7 Å². The van der Waals surface area contributed by atoms with Crippen molar-refractivity contribution in [2.45, 2.75) is 50.7 Å². The lowest BCUT2D eigenvalue weighted by molar-refractivity contribution is -0.137. The summed E-state index contributed by atoms with van der Waals surface area (Å²) in [6, 6.07) is 4.37. The van der Waals surface area contributed by atoms with E-state index in [0.29, 0.717) is 12.0 Å². The predicted molar refractivity (Wildman–Crippen MR) is 110 cm³/mol. The molecule has 2 aliphatic rings. The van der Waals surface area contributed by atoms with Gasteiger partial charge in [-0.2, -0.15) is 18.2 Å². The molecule has 2 unspecified atom stereocenters. The average molecular weight is 420 g/mol. The molecule has 9 heteroatoms. The zero-order chi connectivity index (χ0) is 21.3. The Balaban J connectivity index is 1.67. The van der Waals surface area contributed by atoms with Crippen LogP contribution in [0.3, 0.4) is 0 Å². The molecule has 30 heavy (non-hydrogen) atoms. The van der Waals surface area contributed by atoms with Gasteiger partial charge in [-0.1, -0.05) is 0 Å². The molecular formula is C21H27F3N6. The van der Waals surface area contributed by atoms with Gasteiger partial charge < -0.3 is 15.1 Å². The fourth-order valence-corrected chi connectivity index (χ4v) is 4.34. The summed E-state index contributed by atoms with van der Waals surface area (Å²) in [6.07, 6.45) is 1.06. The summed E-state index contributed by atoms with van der Waals surface area (Å²) >= 11 is 0. The fraction of sp³-hybridized carbons (Fsp3) is 0.571. The van der Waals surface area contributed by atoms with Gasteiger partial charge in [-0.05, 0) is 58.3 Å². The molecule has 0 amide bonds. The summed E-state index contributed by atoms with van der Waals surface area (Å²) in [7, 11) is 2.10. The van der Waals surface area contributed by atoms with Crippen LogP contribution in [0.2, 0.25) is 0 Å². The van der Waals surface area contributed by atoms with E-state index < -0.39 is 11.7 Å². The topological polar surface area (TPSA) is 57.2 Å². The minimum Gasteiger partial charge on any atom is -0.354 e. The van der Waals surface area contributed by atoms with E-state index in [1.165, 1.54) is 0 Å². The van der Waals surface area contributed by atoms with E-state index in [0.717, 1.165) is 75.2 Å². The van der Waals surface area contributed by atoms with Crippen LogP contribution >= 0.6 is 0 Å². The van der Waals surface area contributed by atoms with Gasteiger partial charge in [-0.3, -0.25) is 0 Å². The third-order valence-corrected chi connectivity index (χ3v) is 5.95. The summed E-state index contributed by atoms with van der Waals surface area (Å²) in [4.78, 5) is 17.9. The van der Waals surface area contributed by atoms with Crippen molar-refractivity contribution in [2.75, 3.05) is 36.9 Å². The van der Waals surface area contributed by atoms with Crippen LogP contribution in [0.5, 0.6) is 0 Å². The molecule has 6 nitrogen and oxygen atoms in total. The first-order valence-corrected chi connectivity index (χ1v) is 10.4. The lowest BCUT2D eigenvalue weighted by Crippen LogP contribution is -2.32. The molecule has 2 aromatic rings. The van der Waals surface area contributed by atoms with Crippen molar-refractivity contribution in [3.63, 3.8) is 0 Å². The van der Waals surface area contributed by atoms with Gasteiger partial charge in [-0.15, -0.1) is 0 Å². The second-order valence-corrected chi connectivity index (χ2v) is 8.31. The molecule has 162 valence electrons. The maximum atomic E-state index is 13.1. The highest BCUT2D eigenvalue weighted by Crippen LogP contribution is 2.33. The van der Waals surface area contributed by atoms with Crippen LogP contribution < -0.4 is 10.2 Å². The molecule has 0 spiro atoms. The maximum absolute atomic E-state index is 13.1. The Morgan fingerprint density at radius 3 is 2.60 bits per heavy atom. The molecule has 0 aliphatic carbocycles. The first-order valence-electron chi connectivity index (χ1n) is 10.4. The van der Waals surface area contributed by atoms with E-state index in [-0.39, 0.29) is 11.7 Å². The molecule has 2 aromatic heterocycles. The molecule has 0 bridgehead atoms. The van der Waals surface area contributed by atoms with Gasteiger partial charge in [0.05, 0.1) is 11.3 Å². The summed E-state index contributed by atoms with van der Waals surface area (Å²) in [5.41, 5.74) is 0.179. The number of pyridine rings is 1. The molecule has 2 aliphatic heterocycles. The minimum absolute atomic E-state index is 0.0863. The third kappa shape index (κ3) is 4.66. The van der Waals surface area contributed by atoms with E-state index >= 15 is 0 Å². The van der Waals surface area contributed by atoms with E-state index in [4.69, 9.17) is 0 Å².